The molecule has 6 nitrogen and oxygen atoms in total. The van der Waals surface area contributed by atoms with Gasteiger partial charge < -0.3 is 4.74 Å². The van der Waals surface area contributed by atoms with Crippen molar-refractivity contribution in [1.82, 2.24) is 9.97 Å². The van der Waals surface area contributed by atoms with Crippen LogP contribution in [0.15, 0.2) is 12.3 Å². The first-order valence-corrected chi connectivity index (χ1v) is 8.30. The van der Waals surface area contributed by atoms with Crippen molar-refractivity contribution in [3.63, 3.8) is 0 Å². The summed E-state index contributed by atoms with van der Waals surface area (Å²) in [5.41, 5.74) is 0.510. The first kappa shape index (κ1) is 14.9. The second kappa shape index (κ2) is 5.87. The minimum atomic E-state index is -3.16. The fourth-order valence-electron chi connectivity index (χ4n) is 2.04. The molecular formula is C13H18N2O4S. The molecule has 0 radical (unpaired) electrons. The highest BCUT2D eigenvalue weighted by molar-refractivity contribution is 7.91. The third-order valence-electron chi connectivity index (χ3n) is 3.34. The lowest BCUT2D eigenvalue weighted by Gasteiger charge is -2.12. The van der Waals surface area contributed by atoms with Gasteiger partial charge in [0.2, 0.25) is 0 Å². The van der Waals surface area contributed by atoms with E-state index in [4.69, 9.17) is 4.74 Å². The predicted molar refractivity (Wildman–Crippen MR) is 72.7 cm³/mol. The summed E-state index contributed by atoms with van der Waals surface area (Å²) in [5, 5.41) is -0.239. The first-order valence-electron chi connectivity index (χ1n) is 6.59. The monoisotopic (exact) mass is 298 g/mol. The molecule has 1 atom stereocenters. The molecule has 7 heteroatoms. The van der Waals surface area contributed by atoms with Crippen LogP contribution in [0.1, 0.15) is 43.6 Å². The predicted octanol–water partition coefficient (Wildman–Crippen LogP) is 1.22. The minimum Gasteiger partial charge on any atom is -0.469 e. The zero-order chi connectivity index (χ0) is 14.8. The number of esters is 1. The fraction of sp³-hybridized carbons (Fsp3) is 0.615. The SMILES string of the molecule is CCC(C(=O)OC)c1ccnc(CS(=O)(=O)C2CC2)n1. The van der Waals surface area contributed by atoms with Crippen molar-refractivity contribution in [2.45, 2.75) is 43.1 Å². The van der Waals surface area contributed by atoms with Gasteiger partial charge in [0, 0.05) is 6.20 Å². The van der Waals surface area contributed by atoms with Crippen molar-refractivity contribution in [1.29, 1.82) is 0 Å². The molecule has 2 rings (SSSR count). The van der Waals surface area contributed by atoms with Crippen molar-refractivity contribution in [2.75, 3.05) is 7.11 Å². The maximum Gasteiger partial charge on any atom is 0.314 e. The molecule has 0 amide bonds. The van der Waals surface area contributed by atoms with Gasteiger partial charge in [-0.3, -0.25) is 4.79 Å². The summed E-state index contributed by atoms with van der Waals surface area (Å²) in [6, 6.07) is 1.62. The number of ether oxygens (including phenoxy) is 1. The van der Waals surface area contributed by atoms with E-state index in [1.54, 1.807) is 6.07 Å². The second-order valence-corrected chi connectivity index (χ2v) is 7.17. The molecule has 1 aliphatic rings. The first-order chi connectivity index (χ1) is 9.47. The number of methoxy groups -OCH3 is 1. The molecule has 0 spiro atoms. The minimum absolute atomic E-state index is 0.164. The fourth-order valence-corrected chi connectivity index (χ4v) is 3.63. The van der Waals surface area contributed by atoms with Crippen LogP contribution in [-0.2, 0) is 25.1 Å². The molecule has 1 aromatic heterocycles. The quantitative estimate of drug-likeness (QED) is 0.734. The van der Waals surface area contributed by atoms with Gasteiger partial charge in [0.25, 0.3) is 0 Å². The molecule has 0 bridgehead atoms. The van der Waals surface area contributed by atoms with E-state index in [1.807, 2.05) is 6.92 Å². The largest absolute Gasteiger partial charge is 0.469 e. The van der Waals surface area contributed by atoms with Crippen LogP contribution in [0, 0.1) is 0 Å². The lowest BCUT2D eigenvalue weighted by Crippen LogP contribution is -2.17. The molecule has 1 fully saturated rings. The Morgan fingerprint density at radius 1 is 1.50 bits per heavy atom. The lowest BCUT2D eigenvalue weighted by atomic mass is 10.0. The molecule has 1 aliphatic carbocycles. The summed E-state index contributed by atoms with van der Waals surface area (Å²) < 4.78 is 28.6. The van der Waals surface area contributed by atoms with Gasteiger partial charge in [-0.05, 0) is 25.3 Å². The zero-order valence-electron chi connectivity index (χ0n) is 11.6. The summed E-state index contributed by atoms with van der Waals surface area (Å²) >= 11 is 0. The third-order valence-corrected chi connectivity index (χ3v) is 5.49. The normalized spacial score (nSPS) is 16.7. The van der Waals surface area contributed by atoms with E-state index >= 15 is 0 Å². The molecule has 0 saturated heterocycles. The van der Waals surface area contributed by atoms with Gasteiger partial charge in [0.1, 0.15) is 11.6 Å². The number of hydrogen-bond acceptors (Lipinski definition) is 6. The average molecular weight is 298 g/mol. The van der Waals surface area contributed by atoms with E-state index in [-0.39, 0.29) is 22.8 Å². The maximum atomic E-state index is 11.9. The smallest absolute Gasteiger partial charge is 0.314 e. The Kier molecular flexibility index (Phi) is 4.37. The Hall–Kier alpha value is -1.50. The molecule has 0 aliphatic heterocycles. The van der Waals surface area contributed by atoms with Crippen molar-refractivity contribution in [3.05, 3.63) is 23.8 Å². The van der Waals surface area contributed by atoms with Crippen LogP contribution >= 0.6 is 0 Å². The molecule has 1 unspecified atom stereocenters. The summed E-state index contributed by atoms with van der Waals surface area (Å²) in [5.74, 6) is -0.771. The zero-order valence-corrected chi connectivity index (χ0v) is 12.4. The van der Waals surface area contributed by atoms with Gasteiger partial charge in [0.15, 0.2) is 9.84 Å². The van der Waals surface area contributed by atoms with Crippen LogP contribution in [0.4, 0.5) is 0 Å². The Labute approximate surface area is 118 Å². The number of sulfone groups is 1. The van der Waals surface area contributed by atoms with Gasteiger partial charge in [0.05, 0.1) is 24.0 Å². The van der Waals surface area contributed by atoms with Crippen LogP contribution in [0.2, 0.25) is 0 Å². The second-order valence-electron chi connectivity index (χ2n) is 4.89. The summed E-state index contributed by atoms with van der Waals surface area (Å²) in [6.45, 7) is 1.85. The lowest BCUT2D eigenvalue weighted by molar-refractivity contribution is -0.142. The highest BCUT2D eigenvalue weighted by Crippen LogP contribution is 2.30. The summed E-state index contributed by atoms with van der Waals surface area (Å²) in [6.07, 6.45) is 3.48. The van der Waals surface area contributed by atoms with Crippen LogP contribution in [0.5, 0.6) is 0 Å². The van der Waals surface area contributed by atoms with E-state index in [0.29, 0.717) is 12.1 Å². The van der Waals surface area contributed by atoms with E-state index < -0.39 is 15.8 Å². The number of hydrogen-bond donors (Lipinski definition) is 0. The maximum absolute atomic E-state index is 11.9. The van der Waals surface area contributed by atoms with E-state index in [1.165, 1.54) is 13.3 Å². The molecule has 0 aromatic carbocycles. The van der Waals surface area contributed by atoms with Crippen LogP contribution in [-0.4, -0.2) is 36.7 Å². The van der Waals surface area contributed by atoms with Crippen molar-refractivity contribution >= 4 is 15.8 Å². The molecule has 20 heavy (non-hydrogen) atoms. The molecule has 0 N–H and O–H groups in total. The number of aromatic nitrogens is 2. The Bertz CT molecular complexity index is 596. The van der Waals surface area contributed by atoms with Gasteiger partial charge in [-0.2, -0.15) is 0 Å². The number of rotatable bonds is 6. The number of nitrogens with zero attached hydrogens (tertiary/aromatic N) is 2. The Morgan fingerprint density at radius 3 is 2.75 bits per heavy atom. The van der Waals surface area contributed by atoms with E-state index in [9.17, 15) is 13.2 Å². The van der Waals surface area contributed by atoms with E-state index in [2.05, 4.69) is 9.97 Å². The third kappa shape index (κ3) is 3.33. The highest BCUT2D eigenvalue weighted by atomic mass is 32.2. The molecule has 110 valence electrons. The summed E-state index contributed by atoms with van der Waals surface area (Å²) in [4.78, 5) is 19.9. The molecule has 1 heterocycles. The van der Waals surface area contributed by atoms with Crippen LogP contribution < -0.4 is 0 Å². The van der Waals surface area contributed by atoms with Crippen LogP contribution in [0.25, 0.3) is 0 Å². The molecule has 1 saturated carbocycles. The molecule has 1 aromatic rings. The summed E-state index contributed by atoms with van der Waals surface area (Å²) in [7, 11) is -1.83. The van der Waals surface area contributed by atoms with Gasteiger partial charge in [-0.1, -0.05) is 6.92 Å². The van der Waals surface area contributed by atoms with E-state index in [0.717, 1.165) is 12.8 Å². The average Bonchev–Trinajstić information content (AvgIpc) is 3.24. The number of carbonyl (C=O) groups excluding carboxylic acids is 1. The topological polar surface area (TPSA) is 86.2 Å². The van der Waals surface area contributed by atoms with Crippen molar-refractivity contribution in [3.8, 4) is 0 Å². The van der Waals surface area contributed by atoms with Crippen molar-refractivity contribution < 1.29 is 17.9 Å². The highest BCUT2D eigenvalue weighted by Gasteiger charge is 2.36. The van der Waals surface area contributed by atoms with Gasteiger partial charge in [-0.15, -0.1) is 0 Å². The van der Waals surface area contributed by atoms with Crippen LogP contribution in [0.3, 0.4) is 0 Å². The Morgan fingerprint density at radius 2 is 2.20 bits per heavy atom. The number of carbonyl (C=O) groups is 1. The standard InChI is InChI=1S/C13H18N2O4S/c1-3-10(13(16)19-2)11-6-7-14-12(15-11)8-20(17,18)9-4-5-9/h6-7,9-10H,3-5,8H2,1-2H3. The van der Waals surface area contributed by atoms with Gasteiger partial charge >= 0.3 is 5.97 Å². The van der Waals surface area contributed by atoms with Crippen molar-refractivity contribution in [2.24, 2.45) is 0 Å². The Balaban J connectivity index is 2.21. The molecular weight excluding hydrogens is 280 g/mol. The van der Waals surface area contributed by atoms with Gasteiger partial charge in [-0.25, -0.2) is 18.4 Å².